The topological polar surface area (TPSA) is 117 Å². The fourth-order valence-electron chi connectivity index (χ4n) is 2.83. The third-order valence-electron chi connectivity index (χ3n) is 4.53. The van der Waals surface area contributed by atoms with Crippen molar-refractivity contribution in [3.05, 3.63) is 71.6 Å². The quantitative estimate of drug-likeness (QED) is 0.426. The van der Waals surface area contributed by atoms with Crippen molar-refractivity contribution in [1.29, 1.82) is 5.41 Å². The third kappa shape index (κ3) is 4.86. The molecule has 0 spiro atoms. The fraction of sp³-hybridized carbons (Fsp3) is 0.238. The van der Waals surface area contributed by atoms with Crippen LogP contribution >= 0.6 is 11.8 Å². The molecule has 28 heavy (non-hydrogen) atoms. The molecule has 0 radical (unpaired) electrons. The lowest BCUT2D eigenvalue weighted by Crippen LogP contribution is -2.39. The average molecular weight is 394 g/mol. The van der Waals surface area contributed by atoms with E-state index in [1.165, 1.54) is 17.3 Å². The SMILES string of the molecule is Cc1ccc(C(=[NH2+])/C=C(\N)c2nc(SC(C)C(=N)C3C=CC=CC3)n[nH]2)cc1. The van der Waals surface area contributed by atoms with Gasteiger partial charge in [0.25, 0.3) is 0 Å². The van der Waals surface area contributed by atoms with Gasteiger partial charge in [0.15, 0.2) is 5.82 Å². The van der Waals surface area contributed by atoms with E-state index in [0.717, 1.165) is 12.0 Å². The minimum atomic E-state index is -0.0285. The largest absolute Gasteiger partial charge is 0.395 e. The van der Waals surface area contributed by atoms with Gasteiger partial charge in [-0.15, -0.1) is 5.10 Å². The molecule has 0 fully saturated rings. The molecule has 6 nitrogen and oxygen atoms in total. The summed E-state index contributed by atoms with van der Waals surface area (Å²) in [6, 6.07) is 7.92. The van der Waals surface area contributed by atoms with Gasteiger partial charge in [-0.25, -0.2) is 0 Å². The Kier molecular flexibility index (Phi) is 6.26. The maximum absolute atomic E-state index is 8.40. The van der Waals surface area contributed by atoms with E-state index in [2.05, 4.69) is 27.3 Å². The molecule has 1 aromatic heterocycles. The first-order valence-corrected chi connectivity index (χ1v) is 9.99. The van der Waals surface area contributed by atoms with E-state index in [4.69, 9.17) is 16.6 Å². The van der Waals surface area contributed by atoms with Gasteiger partial charge in [-0.05, 0) is 32.4 Å². The van der Waals surface area contributed by atoms with Crippen molar-refractivity contribution in [1.82, 2.24) is 15.2 Å². The predicted molar refractivity (Wildman–Crippen MR) is 115 cm³/mol. The minimum absolute atomic E-state index is 0.0285. The zero-order valence-electron chi connectivity index (χ0n) is 16.0. The highest BCUT2D eigenvalue weighted by Crippen LogP contribution is 2.26. The van der Waals surface area contributed by atoms with Crippen LogP contribution in [0.25, 0.3) is 5.70 Å². The molecule has 1 aliphatic rings. The van der Waals surface area contributed by atoms with Crippen molar-refractivity contribution in [3.63, 3.8) is 0 Å². The molecule has 1 aromatic carbocycles. The van der Waals surface area contributed by atoms with Crippen LogP contribution in [-0.2, 0) is 0 Å². The number of allylic oxidation sites excluding steroid dienone is 5. The number of benzene rings is 1. The first-order chi connectivity index (χ1) is 13.4. The van der Waals surface area contributed by atoms with E-state index >= 15 is 0 Å². The second-order valence-electron chi connectivity index (χ2n) is 6.76. The molecule has 144 valence electrons. The number of nitrogens with one attached hydrogen (secondary N) is 2. The van der Waals surface area contributed by atoms with Gasteiger partial charge in [-0.3, -0.25) is 10.5 Å². The Morgan fingerprint density at radius 2 is 2.11 bits per heavy atom. The number of aromatic amines is 1. The van der Waals surface area contributed by atoms with Crippen molar-refractivity contribution >= 4 is 28.9 Å². The van der Waals surface area contributed by atoms with Gasteiger partial charge in [0.05, 0.1) is 5.70 Å². The van der Waals surface area contributed by atoms with E-state index < -0.39 is 0 Å². The summed E-state index contributed by atoms with van der Waals surface area (Å²) in [5, 5.41) is 22.2. The van der Waals surface area contributed by atoms with Gasteiger partial charge in [0.1, 0.15) is 0 Å². The van der Waals surface area contributed by atoms with E-state index in [1.54, 1.807) is 6.08 Å². The van der Waals surface area contributed by atoms with Crippen LogP contribution in [0.5, 0.6) is 0 Å². The van der Waals surface area contributed by atoms with E-state index in [1.807, 2.05) is 50.3 Å². The summed E-state index contributed by atoms with van der Waals surface area (Å²) in [4.78, 5) is 4.44. The van der Waals surface area contributed by atoms with Gasteiger partial charge in [-0.1, -0.05) is 53.8 Å². The molecule has 0 saturated heterocycles. The molecule has 1 heterocycles. The van der Waals surface area contributed by atoms with Crippen LogP contribution in [0.1, 0.15) is 30.3 Å². The minimum Gasteiger partial charge on any atom is -0.395 e. The molecule has 0 amide bonds. The molecule has 6 N–H and O–H groups in total. The standard InChI is InChI=1S/C21H24N6S/c1-13-8-10-15(11-9-13)17(22)12-18(23)20-25-21(27-26-20)28-14(2)19(24)16-6-4-3-5-7-16/h3-6,8-12,14,16,22,24H,7,23H2,1-2H3,(H,25,26,27)/p+1/b18-12-,22-17?,24-19?. The molecule has 7 heteroatoms. The Morgan fingerprint density at radius 3 is 2.79 bits per heavy atom. The number of aromatic nitrogens is 3. The number of hydrogen-bond acceptors (Lipinski definition) is 5. The number of hydrogen-bond donors (Lipinski definition) is 4. The van der Waals surface area contributed by atoms with Crippen LogP contribution in [0, 0.1) is 18.3 Å². The van der Waals surface area contributed by atoms with Crippen LogP contribution in [0.4, 0.5) is 0 Å². The highest BCUT2D eigenvalue weighted by molar-refractivity contribution is 8.00. The Hall–Kier alpha value is -2.93. The second kappa shape index (κ2) is 8.84. The summed E-state index contributed by atoms with van der Waals surface area (Å²) in [6.07, 6.45) is 10.7. The number of thioether (sulfide) groups is 1. The van der Waals surface area contributed by atoms with Crippen molar-refractivity contribution in [2.75, 3.05) is 0 Å². The first-order valence-electron chi connectivity index (χ1n) is 9.11. The Labute approximate surface area is 169 Å². The highest BCUT2D eigenvalue weighted by Gasteiger charge is 2.21. The molecule has 0 bridgehead atoms. The van der Waals surface area contributed by atoms with E-state index in [0.29, 0.717) is 28.1 Å². The zero-order chi connectivity index (χ0) is 20.1. The molecule has 2 aromatic rings. The third-order valence-corrected chi connectivity index (χ3v) is 5.54. The maximum atomic E-state index is 8.40. The summed E-state index contributed by atoms with van der Waals surface area (Å²) in [7, 11) is 0. The lowest BCUT2D eigenvalue weighted by molar-refractivity contribution is -0.110. The molecule has 2 atom stereocenters. The Balaban J connectivity index is 1.64. The number of nitrogens with two attached hydrogens (primary N) is 2. The average Bonchev–Trinajstić information content (AvgIpc) is 3.17. The van der Waals surface area contributed by atoms with Gasteiger partial charge in [0, 0.05) is 28.5 Å². The molecule has 1 aliphatic carbocycles. The Bertz CT molecular complexity index is 952. The molecule has 3 rings (SSSR count). The summed E-state index contributed by atoms with van der Waals surface area (Å²) >= 11 is 1.44. The van der Waals surface area contributed by atoms with Crippen LogP contribution in [0.3, 0.4) is 0 Å². The highest BCUT2D eigenvalue weighted by atomic mass is 32.2. The number of nitrogens with zero attached hydrogens (tertiary/aromatic N) is 2. The van der Waals surface area contributed by atoms with Crippen LogP contribution in [-0.4, -0.2) is 31.9 Å². The van der Waals surface area contributed by atoms with Crippen LogP contribution in [0.2, 0.25) is 0 Å². The smallest absolute Gasteiger partial charge is 0.209 e. The number of rotatable bonds is 7. The van der Waals surface area contributed by atoms with Crippen molar-refractivity contribution in [2.45, 2.75) is 30.7 Å². The lowest BCUT2D eigenvalue weighted by atomic mass is 9.94. The normalized spacial score (nSPS) is 17.5. The maximum Gasteiger partial charge on any atom is 0.209 e. The molecule has 0 saturated carbocycles. The number of H-pyrrole nitrogens is 1. The summed E-state index contributed by atoms with van der Waals surface area (Å²) in [5.41, 5.74) is 9.86. The summed E-state index contributed by atoms with van der Waals surface area (Å²) < 4.78 is 0. The second-order valence-corrected chi connectivity index (χ2v) is 8.07. The van der Waals surface area contributed by atoms with E-state index in [9.17, 15) is 0 Å². The van der Waals surface area contributed by atoms with Gasteiger partial charge < -0.3 is 11.1 Å². The first kappa shape index (κ1) is 19.8. The van der Waals surface area contributed by atoms with Crippen molar-refractivity contribution in [3.8, 4) is 0 Å². The number of aryl methyl sites for hydroxylation is 1. The Morgan fingerprint density at radius 1 is 1.36 bits per heavy atom. The zero-order valence-corrected chi connectivity index (χ0v) is 16.8. The van der Waals surface area contributed by atoms with E-state index in [-0.39, 0.29) is 11.2 Å². The molecular formula is C21H25N6S+. The van der Waals surface area contributed by atoms with Gasteiger partial charge in [0.2, 0.25) is 10.9 Å². The van der Waals surface area contributed by atoms with Crippen LogP contribution < -0.4 is 11.1 Å². The monoisotopic (exact) mass is 393 g/mol. The summed E-state index contributed by atoms with van der Waals surface area (Å²) in [5.74, 6) is 0.608. The fourth-order valence-corrected chi connectivity index (χ4v) is 3.69. The van der Waals surface area contributed by atoms with Crippen molar-refractivity contribution in [2.24, 2.45) is 11.7 Å². The molecule has 0 aliphatic heterocycles. The van der Waals surface area contributed by atoms with Crippen LogP contribution in [0.15, 0.2) is 59.8 Å². The van der Waals surface area contributed by atoms with Crippen molar-refractivity contribution < 1.29 is 5.41 Å². The van der Waals surface area contributed by atoms with Gasteiger partial charge >= 0.3 is 0 Å². The predicted octanol–water partition coefficient (Wildman–Crippen LogP) is 2.29. The molecule has 2 unspecified atom stereocenters. The summed E-state index contributed by atoms with van der Waals surface area (Å²) in [6.45, 7) is 4.03. The molecular weight excluding hydrogens is 368 g/mol. The lowest BCUT2D eigenvalue weighted by Gasteiger charge is -2.18. The van der Waals surface area contributed by atoms with Gasteiger partial charge in [-0.2, -0.15) is 4.98 Å².